The molecule has 0 amide bonds. The van der Waals surface area contributed by atoms with Crippen LogP contribution >= 0.6 is 0 Å². The average Bonchev–Trinajstić information content (AvgIpc) is 2.41. The van der Waals surface area contributed by atoms with Gasteiger partial charge in [-0.3, -0.25) is 0 Å². The van der Waals surface area contributed by atoms with Crippen molar-refractivity contribution in [3.63, 3.8) is 0 Å². The van der Waals surface area contributed by atoms with Gasteiger partial charge in [0.05, 0.1) is 0 Å². The Bertz CT molecular complexity index is 356. The third-order valence-electron chi connectivity index (χ3n) is 1.71. The van der Waals surface area contributed by atoms with E-state index >= 15 is 0 Å². The van der Waals surface area contributed by atoms with Crippen LogP contribution in [-0.2, 0) is 4.79 Å². The SMILES string of the molecule is C1=Cc2ccccc2C=CN1.CC(C)=O. The van der Waals surface area contributed by atoms with E-state index < -0.39 is 0 Å². The van der Waals surface area contributed by atoms with E-state index in [1.54, 1.807) is 0 Å². The van der Waals surface area contributed by atoms with Crippen molar-refractivity contribution in [3.05, 3.63) is 47.8 Å². The molecular formula is C13H15NO. The molecule has 1 N–H and O–H groups in total. The van der Waals surface area contributed by atoms with Gasteiger partial charge in [0.25, 0.3) is 0 Å². The lowest BCUT2D eigenvalue weighted by molar-refractivity contribution is -0.114. The summed E-state index contributed by atoms with van der Waals surface area (Å²) in [5.74, 6) is 0.167. The molecule has 1 aliphatic heterocycles. The first-order chi connectivity index (χ1) is 7.20. The minimum absolute atomic E-state index is 0.167. The normalized spacial score (nSPS) is 11.6. The smallest absolute Gasteiger partial charge is 0.126 e. The summed E-state index contributed by atoms with van der Waals surface area (Å²) >= 11 is 0. The van der Waals surface area contributed by atoms with Crippen molar-refractivity contribution in [2.75, 3.05) is 0 Å². The largest absolute Gasteiger partial charge is 0.368 e. The van der Waals surface area contributed by atoms with Gasteiger partial charge >= 0.3 is 0 Å². The highest BCUT2D eigenvalue weighted by Crippen LogP contribution is 2.13. The second kappa shape index (κ2) is 5.81. The van der Waals surface area contributed by atoms with Crippen LogP contribution in [0.5, 0.6) is 0 Å². The summed E-state index contributed by atoms with van der Waals surface area (Å²) in [6.45, 7) is 3.06. The molecule has 0 saturated carbocycles. The van der Waals surface area contributed by atoms with E-state index in [1.807, 2.05) is 24.5 Å². The molecule has 2 rings (SSSR count). The van der Waals surface area contributed by atoms with E-state index in [0.717, 1.165) is 0 Å². The van der Waals surface area contributed by atoms with Crippen molar-refractivity contribution >= 4 is 17.9 Å². The number of hydrogen-bond donors (Lipinski definition) is 1. The van der Waals surface area contributed by atoms with Crippen LogP contribution in [0.4, 0.5) is 0 Å². The Morgan fingerprint density at radius 2 is 1.40 bits per heavy atom. The van der Waals surface area contributed by atoms with E-state index in [-0.39, 0.29) is 5.78 Å². The van der Waals surface area contributed by atoms with E-state index in [2.05, 4.69) is 29.6 Å². The van der Waals surface area contributed by atoms with Crippen molar-refractivity contribution in [2.24, 2.45) is 0 Å². The highest BCUT2D eigenvalue weighted by Gasteiger charge is 1.94. The lowest BCUT2D eigenvalue weighted by Gasteiger charge is -1.95. The third kappa shape index (κ3) is 4.27. The molecule has 0 atom stereocenters. The van der Waals surface area contributed by atoms with Gasteiger partial charge in [-0.15, -0.1) is 0 Å². The highest BCUT2D eigenvalue weighted by molar-refractivity contribution is 5.72. The van der Waals surface area contributed by atoms with Gasteiger partial charge in [0, 0.05) is 12.4 Å². The first-order valence-corrected chi connectivity index (χ1v) is 4.85. The van der Waals surface area contributed by atoms with E-state index in [1.165, 1.54) is 25.0 Å². The molecule has 0 aromatic heterocycles. The van der Waals surface area contributed by atoms with Gasteiger partial charge in [-0.1, -0.05) is 24.3 Å². The standard InChI is InChI=1S/C10H9N.C3H6O/c1-2-4-10-6-8-11-7-5-9(10)3-1;1-3(2)4/h1-8,11H;1-2H3. The summed E-state index contributed by atoms with van der Waals surface area (Å²) in [4.78, 5) is 9.44. The van der Waals surface area contributed by atoms with Gasteiger partial charge in [-0.2, -0.15) is 0 Å². The van der Waals surface area contributed by atoms with Crippen LogP contribution < -0.4 is 5.32 Å². The molecule has 0 unspecified atom stereocenters. The molecule has 0 bridgehead atoms. The number of Topliss-reactive ketones (excluding diaryl/α,β-unsaturated/α-hetero) is 1. The quantitative estimate of drug-likeness (QED) is 0.699. The number of carbonyl (C=O) groups is 1. The van der Waals surface area contributed by atoms with Crippen LogP contribution in [0.1, 0.15) is 25.0 Å². The minimum Gasteiger partial charge on any atom is -0.368 e. The molecule has 1 heterocycles. The zero-order chi connectivity index (χ0) is 11.1. The fourth-order valence-corrected chi connectivity index (χ4v) is 1.15. The molecule has 0 aliphatic carbocycles. The van der Waals surface area contributed by atoms with Crippen LogP contribution in [0.2, 0.25) is 0 Å². The third-order valence-corrected chi connectivity index (χ3v) is 1.71. The summed E-state index contributed by atoms with van der Waals surface area (Å²) in [5.41, 5.74) is 2.52. The van der Waals surface area contributed by atoms with Gasteiger partial charge in [0.1, 0.15) is 5.78 Å². The lowest BCUT2D eigenvalue weighted by atomic mass is 10.1. The molecule has 15 heavy (non-hydrogen) atoms. The summed E-state index contributed by atoms with van der Waals surface area (Å²) in [6, 6.07) is 8.29. The predicted octanol–water partition coefficient (Wildman–Crippen LogP) is 2.83. The fourth-order valence-electron chi connectivity index (χ4n) is 1.15. The summed E-state index contributed by atoms with van der Waals surface area (Å²) in [7, 11) is 0. The average molecular weight is 201 g/mol. The number of nitrogens with one attached hydrogen (secondary N) is 1. The first kappa shape index (κ1) is 11.2. The molecule has 0 saturated heterocycles. The monoisotopic (exact) mass is 201 g/mol. The summed E-state index contributed by atoms with van der Waals surface area (Å²) in [6.07, 6.45) is 8.00. The molecule has 0 radical (unpaired) electrons. The Balaban J connectivity index is 0.000000245. The van der Waals surface area contributed by atoms with Gasteiger partial charge < -0.3 is 10.1 Å². The van der Waals surface area contributed by atoms with Crippen LogP contribution in [0, 0.1) is 0 Å². The molecule has 1 aromatic rings. The molecule has 78 valence electrons. The van der Waals surface area contributed by atoms with Gasteiger partial charge in [-0.05, 0) is 37.1 Å². The molecule has 0 fully saturated rings. The summed E-state index contributed by atoms with van der Waals surface area (Å²) in [5, 5.41) is 3.03. The lowest BCUT2D eigenvalue weighted by Crippen LogP contribution is -1.86. The van der Waals surface area contributed by atoms with E-state index in [0.29, 0.717) is 0 Å². The molecule has 2 heteroatoms. The van der Waals surface area contributed by atoms with Crippen molar-refractivity contribution < 1.29 is 4.79 Å². The van der Waals surface area contributed by atoms with Crippen molar-refractivity contribution in [1.82, 2.24) is 5.32 Å². The van der Waals surface area contributed by atoms with Gasteiger partial charge in [0.15, 0.2) is 0 Å². The van der Waals surface area contributed by atoms with Crippen LogP contribution in [0.15, 0.2) is 36.7 Å². The summed E-state index contributed by atoms with van der Waals surface area (Å²) < 4.78 is 0. The topological polar surface area (TPSA) is 29.1 Å². The second-order valence-corrected chi connectivity index (χ2v) is 3.37. The van der Waals surface area contributed by atoms with Crippen LogP contribution in [0.25, 0.3) is 12.2 Å². The minimum atomic E-state index is 0.167. The molecule has 0 spiro atoms. The number of hydrogen-bond acceptors (Lipinski definition) is 2. The number of benzene rings is 1. The number of rotatable bonds is 0. The first-order valence-electron chi connectivity index (χ1n) is 4.85. The van der Waals surface area contributed by atoms with Crippen molar-refractivity contribution in [1.29, 1.82) is 0 Å². The van der Waals surface area contributed by atoms with Crippen LogP contribution in [0.3, 0.4) is 0 Å². The van der Waals surface area contributed by atoms with Crippen molar-refractivity contribution in [2.45, 2.75) is 13.8 Å². The number of fused-ring (bicyclic) bond motifs is 1. The van der Waals surface area contributed by atoms with Gasteiger partial charge in [-0.25, -0.2) is 0 Å². The van der Waals surface area contributed by atoms with E-state index in [9.17, 15) is 4.79 Å². The zero-order valence-electron chi connectivity index (χ0n) is 9.03. The maximum Gasteiger partial charge on any atom is 0.126 e. The second-order valence-electron chi connectivity index (χ2n) is 3.37. The Morgan fingerprint density at radius 1 is 1.00 bits per heavy atom. The van der Waals surface area contributed by atoms with Crippen molar-refractivity contribution in [3.8, 4) is 0 Å². The Morgan fingerprint density at radius 3 is 1.80 bits per heavy atom. The molecule has 2 nitrogen and oxygen atoms in total. The number of carbonyl (C=O) groups excluding carboxylic acids is 1. The maximum atomic E-state index is 9.44. The molecule has 1 aliphatic rings. The van der Waals surface area contributed by atoms with E-state index in [4.69, 9.17) is 0 Å². The highest BCUT2D eigenvalue weighted by atomic mass is 16.1. The molecule has 1 aromatic carbocycles. The fraction of sp³-hybridized carbons (Fsp3) is 0.154. The molecular weight excluding hydrogens is 186 g/mol. The van der Waals surface area contributed by atoms with Crippen LogP contribution in [-0.4, -0.2) is 5.78 Å². The Kier molecular flexibility index (Phi) is 4.35. The van der Waals surface area contributed by atoms with Gasteiger partial charge in [0.2, 0.25) is 0 Å². The number of ketones is 1. The maximum absolute atomic E-state index is 9.44. The predicted molar refractivity (Wildman–Crippen MR) is 64.0 cm³/mol. The Hall–Kier alpha value is -1.83. The zero-order valence-corrected chi connectivity index (χ0v) is 9.03. The Labute approximate surface area is 90.3 Å².